The standard InChI is InChI=1S/C28H28FN5O2/c1-17-10-19(14-30-18(2)15-35-4)11-25-26(17)36-28(32-25)21-7-5-6-20(12-21)23-9-8-22(29)13-24(23)27-33-31-16-34(27)3/h5-13,16,18,30H,14-15H2,1-4H3/t18-/m0/s1. The molecule has 0 aliphatic heterocycles. The molecular weight excluding hydrogens is 457 g/mol. The van der Waals surface area contributed by atoms with Gasteiger partial charge in [0.05, 0.1) is 6.61 Å². The van der Waals surface area contributed by atoms with Crippen LogP contribution in [-0.2, 0) is 18.3 Å². The molecule has 2 heterocycles. The van der Waals surface area contributed by atoms with Gasteiger partial charge in [-0.25, -0.2) is 9.37 Å². The first-order valence-corrected chi connectivity index (χ1v) is 11.8. The quantitative estimate of drug-likeness (QED) is 0.311. The van der Waals surface area contributed by atoms with Gasteiger partial charge in [0.1, 0.15) is 17.7 Å². The molecule has 5 rings (SSSR count). The van der Waals surface area contributed by atoms with Crippen molar-refractivity contribution in [3.05, 3.63) is 77.9 Å². The van der Waals surface area contributed by atoms with E-state index in [1.165, 1.54) is 12.1 Å². The molecule has 0 amide bonds. The van der Waals surface area contributed by atoms with Crippen LogP contribution in [0.15, 0.2) is 65.3 Å². The Kier molecular flexibility index (Phi) is 6.63. The second-order valence-corrected chi connectivity index (χ2v) is 9.05. The number of nitrogens with zero attached hydrogens (tertiary/aromatic N) is 4. The fraction of sp³-hybridized carbons (Fsp3) is 0.250. The topological polar surface area (TPSA) is 78.0 Å². The normalized spacial score (nSPS) is 12.4. The van der Waals surface area contributed by atoms with Crippen LogP contribution in [0.3, 0.4) is 0 Å². The SMILES string of the molecule is COC[C@H](C)NCc1cc(C)c2oc(-c3cccc(-c4ccc(F)cc4-c4nncn4C)c3)nc2c1. The lowest BCUT2D eigenvalue weighted by molar-refractivity contribution is 0.171. The van der Waals surface area contributed by atoms with Crippen LogP contribution in [0.5, 0.6) is 0 Å². The van der Waals surface area contributed by atoms with Gasteiger partial charge in [-0.3, -0.25) is 0 Å². The molecule has 0 saturated heterocycles. The van der Waals surface area contributed by atoms with Gasteiger partial charge in [-0.15, -0.1) is 10.2 Å². The second kappa shape index (κ2) is 10.0. The number of aryl methyl sites for hydroxylation is 2. The second-order valence-electron chi connectivity index (χ2n) is 9.05. The highest BCUT2D eigenvalue weighted by Crippen LogP contribution is 2.35. The van der Waals surface area contributed by atoms with Gasteiger partial charge in [0.2, 0.25) is 5.89 Å². The highest BCUT2D eigenvalue weighted by molar-refractivity contribution is 5.84. The molecule has 184 valence electrons. The number of ether oxygens (including phenoxy) is 1. The third-order valence-corrected chi connectivity index (χ3v) is 6.16. The molecule has 36 heavy (non-hydrogen) atoms. The number of nitrogens with one attached hydrogen (secondary N) is 1. The van der Waals surface area contributed by atoms with Crippen molar-refractivity contribution in [3.8, 4) is 34.0 Å². The highest BCUT2D eigenvalue weighted by atomic mass is 19.1. The number of aromatic nitrogens is 4. The van der Waals surface area contributed by atoms with Crippen molar-refractivity contribution in [3.63, 3.8) is 0 Å². The first-order chi connectivity index (χ1) is 17.4. The molecule has 0 radical (unpaired) electrons. The zero-order valence-corrected chi connectivity index (χ0v) is 20.7. The predicted molar refractivity (Wildman–Crippen MR) is 138 cm³/mol. The van der Waals surface area contributed by atoms with Crippen molar-refractivity contribution in [1.82, 2.24) is 25.1 Å². The van der Waals surface area contributed by atoms with Crippen LogP contribution in [0.4, 0.5) is 4.39 Å². The van der Waals surface area contributed by atoms with Crippen LogP contribution >= 0.6 is 0 Å². The van der Waals surface area contributed by atoms with Crippen LogP contribution in [0.25, 0.3) is 45.1 Å². The fourth-order valence-corrected chi connectivity index (χ4v) is 4.40. The first kappa shape index (κ1) is 23.8. The summed E-state index contributed by atoms with van der Waals surface area (Å²) in [4.78, 5) is 4.80. The van der Waals surface area contributed by atoms with Crippen molar-refractivity contribution in [2.45, 2.75) is 26.4 Å². The molecule has 3 aromatic carbocycles. The maximum Gasteiger partial charge on any atom is 0.227 e. The third-order valence-electron chi connectivity index (χ3n) is 6.16. The van der Waals surface area contributed by atoms with Crippen LogP contribution in [-0.4, -0.2) is 39.5 Å². The van der Waals surface area contributed by atoms with Gasteiger partial charge in [0, 0.05) is 37.9 Å². The molecule has 5 aromatic rings. The van der Waals surface area contributed by atoms with Gasteiger partial charge in [0.25, 0.3) is 0 Å². The average molecular weight is 486 g/mol. The van der Waals surface area contributed by atoms with Gasteiger partial charge in [0.15, 0.2) is 11.4 Å². The minimum atomic E-state index is -0.329. The van der Waals surface area contributed by atoms with E-state index in [1.54, 1.807) is 24.1 Å². The van der Waals surface area contributed by atoms with E-state index < -0.39 is 0 Å². The molecule has 2 aromatic heterocycles. The lowest BCUT2D eigenvalue weighted by atomic mass is 9.97. The van der Waals surface area contributed by atoms with E-state index in [0.29, 0.717) is 30.4 Å². The van der Waals surface area contributed by atoms with Crippen molar-refractivity contribution < 1.29 is 13.5 Å². The van der Waals surface area contributed by atoms with Gasteiger partial charge in [-0.2, -0.15) is 0 Å². The van der Waals surface area contributed by atoms with Gasteiger partial charge in [-0.05, 0) is 66.4 Å². The van der Waals surface area contributed by atoms with Gasteiger partial charge < -0.3 is 19.0 Å². The Morgan fingerprint density at radius 2 is 1.92 bits per heavy atom. The lowest BCUT2D eigenvalue weighted by Gasteiger charge is -2.12. The summed E-state index contributed by atoms with van der Waals surface area (Å²) in [6, 6.07) is 17.0. The zero-order valence-electron chi connectivity index (χ0n) is 20.7. The van der Waals surface area contributed by atoms with Gasteiger partial charge in [-0.1, -0.05) is 24.3 Å². The van der Waals surface area contributed by atoms with E-state index in [4.69, 9.17) is 14.1 Å². The fourth-order valence-electron chi connectivity index (χ4n) is 4.40. The van der Waals surface area contributed by atoms with E-state index in [0.717, 1.165) is 38.9 Å². The molecule has 0 aliphatic rings. The number of benzene rings is 3. The van der Waals surface area contributed by atoms with E-state index >= 15 is 0 Å². The molecule has 0 spiro atoms. The zero-order chi connectivity index (χ0) is 25.2. The monoisotopic (exact) mass is 485 g/mol. The van der Waals surface area contributed by atoms with Crippen molar-refractivity contribution >= 4 is 11.1 Å². The van der Waals surface area contributed by atoms with Crippen LogP contribution in [0.1, 0.15) is 18.1 Å². The number of fused-ring (bicyclic) bond motifs is 1. The number of methoxy groups -OCH3 is 1. The lowest BCUT2D eigenvalue weighted by Crippen LogP contribution is -2.29. The summed E-state index contributed by atoms with van der Waals surface area (Å²) < 4.78 is 27.3. The van der Waals surface area contributed by atoms with E-state index in [-0.39, 0.29) is 11.9 Å². The van der Waals surface area contributed by atoms with Crippen molar-refractivity contribution in [1.29, 1.82) is 0 Å². The Morgan fingerprint density at radius 1 is 1.08 bits per heavy atom. The van der Waals surface area contributed by atoms with Crippen LogP contribution < -0.4 is 5.32 Å². The molecule has 8 heteroatoms. The summed E-state index contributed by atoms with van der Waals surface area (Å²) in [6.45, 7) is 5.49. The molecule has 0 fully saturated rings. The third kappa shape index (κ3) is 4.78. The van der Waals surface area contributed by atoms with Crippen LogP contribution in [0, 0.1) is 12.7 Å². The number of oxazole rings is 1. The molecule has 0 saturated carbocycles. The number of hydrogen-bond donors (Lipinski definition) is 1. The Morgan fingerprint density at radius 3 is 2.69 bits per heavy atom. The van der Waals surface area contributed by atoms with E-state index in [1.807, 2.05) is 38.2 Å². The molecule has 1 N–H and O–H groups in total. The van der Waals surface area contributed by atoms with E-state index in [9.17, 15) is 4.39 Å². The summed E-state index contributed by atoms with van der Waals surface area (Å²) >= 11 is 0. The number of halogens is 1. The highest BCUT2D eigenvalue weighted by Gasteiger charge is 2.16. The number of rotatable bonds is 8. The molecule has 1 atom stereocenters. The summed E-state index contributed by atoms with van der Waals surface area (Å²) in [7, 11) is 3.54. The minimum Gasteiger partial charge on any atom is -0.436 e. The van der Waals surface area contributed by atoms with E-state index in [2.05, 4.69) is 34.6 Å². The first-order valence-electron chi connectivity index (χ1n) is 11.8. The minimum absolute atomic E-state index is 0.250. The van der Waals surface area contributed by atoms with Gasteiger partial charge >= 0.3 is 0 Å². The maximum absolute atomic E-state index is 14.2. The average Bonchev–Trinajstić information content (AvgIpc) is 3.49. The molecule has 7 nitrogen and oxygen atoms in total. The molecular formula is C28H28FN5O2. The summed E-state index contributed by atoms with van der Waals surface area (Å²) in [5.74, 6) is 0.799. The summed E-state index contributed by atoms with van der Waals surface area (Å²) in [6.07, 6.45) is 1.60. The summed E-state index contributed by atoms with van der Waals surface area (Å²) in [5, 5.41) is 11.6. The Balaban J connectivity index is 1.50. The molecule has 0 aliphatic carbocycles. The van der Waals surface area contributed by atoms with Crippen molar-refractivity contribution in [2.24, 2.45) is 7.05 Å². The van der Waals surface area contributed by atoms with Crippen molar-refractivity contribution in [2.75, 3.05) is 13.7 Å². The predicted octanol–water partition coefficient (Wildman–Crippen LogP) is 5.53. The Hall–Kier alpha value is -3.88. The molecule has 0 bridgehead atoms. The Bertz CT molecular complexity index is 1520. The number of hydrogen-bond acceptors (Lipinski definition) is 6. The summed E-state index contributed by atoms with van der Waals surface area (Å²) in [5.41, 5.74) is 7.00. The Labute approximate surface area is 209 Å². The maximum atomic E-state index is 14.2. The smallest absolute Gasteiger partial charge is 0.227 e. The molecule has 0 unspecified atom stereocenters. The van der Waals surface area contributed by atoms with Crippen LogP contribution in [0.2, 0.25) is 0 Å². The largest absolute Gasteiger partial charge is 0.436 e.